The largest absolute Gasteiger partial charge is 0.482 e. The van der Waals surface area contributed by atoms with Crippen molar-refractivity contribution in [1.29, 1.82) is 5.26 Å². The van der Waals surface area contributed by atoms with E-state index in [2.05, 4.69) is 26.2 Å². The summed E-state index contributed by atoms with van der Waals surface area (Å²) in [6.07, 6.45) is 0. The second-order valence-corrected chi connectivity index (χ2v) is 7.49. The number of nitrogens with one attached hydrogen (secondary N) is 1. The van der Waals surface area contributed by atoms with Gasteiger partial charge in [-0.25, -0.2) is 4.98 Å². The van der Waals surface area contributed by atoms with Crippen molar-refractivity contribution >= 4 is 38.3 Å². The monoisotopic (exact) mass is 427 g/mol. The number of halogens is 1. The molecule has 0 unspecified atom stereocenters. The van der Waals surface area contributed by atoms with Crippen LogP contribution in [0.4, 0.5) is 5.13 Å². The van der Waals surface area contributed by atoms with Crippen molar-refractivity contribution in [2.45, 2.75) is 6.92 Å². The minimum atomic E-state index is -0.325. The maximum atomic E-state index is 12.1. The molecule has 1 aromatic heterocycles. The predicted octanol–water partition coefficient (Wildman–Crippen LogP) is 4.77. The lowest BCUT2D eigenvalue weighted by atomic mass is 10.1. The van der Waals surface area contributed by atoms with E-state index in [0.29, 0.717) is 16.4 Å². The molecule has 0 atom stereocenters. The number of carbonyl (C=O) groups excluding carboxylic acids is 1. The van der Waals surface area contributed by atoms with Gasteiger partial charge in [0.15, 0.2) is 11.7 Å². The van der Waals surface area contributed by atoms with E-state index in [1.807, 2.05) is 37.3 Å². The third-order valence-electron chi connectivity index (χ3n) is 3.53. The van der Waals surface area contributed by atoms with Crippen molar-refractivity contribution in [3.8, 4) is 23.1 Å². The highest BCUT2D eigenvalue weighted by Gasteiger charge is 2.13. The summed E-state index contributed by atoms with van der Waals surface area (Å²) in [6, 6.07) is 16.7. The molecule has 0 radical (unpaired) electrons. The first-order valence-electron chi connectivity index (χ1n) is 7.72. The van der Waals surface area contributed by atoms with Gasteiger partial charge in [-0.15, -0.1) is 11.3 Å². The van der Waals surface area contributed by atoms with Crippen LogP contribution in [0.15, 0.2) is 53.0 Å². The number of rotatable bonds is 5. The summed E-state index contributed by atoms with van der Waals surface area (Å²) in [6.45, 7) is 1.77. The standard InChI is InChI=1S/C19H14BrN3O2S/c1-12-18(13-6-8-15(20)9-7-13)23-19(26-12)22-17(24)11-25-16-5-3-2-4-14(16)10-21/h2-9H,11H2,1H3,(H,22,23,24). The number of carbonyl (C=O) groups is 1. The average molecular weight is 428 g/mol. The molecule has 0 saturated carbocycles. The van der Waals surface area contributed by atoms with Gasteiger partial charge in [0.2, 0.25) is 0 Å². The maximum absolute atomic E-state index is 12.1. The Morgan fingerprint density at radius 2 is 2.00 bits per heavy atom. The number of amides is 1. The lowest BCUT2D eigenvalue weighted by Crippen LogP contribution is -2.20. The molecule has 3 rings (SSSR count). The fourth-order valence-electron chi connectivity index (χ4n) is 2.31. The number of para-hydroxylation sites is 1. The van der Waals surface area contributed by atoms with Gasteiger partial charge in [-0.3, -0.25) is 10.1 Å². The number of anilines is 1. The van der Waals surface area contributed by atoms with E-state index in [9.17, 15) is 4.79 Å². The molecule has 0 aliphatic heterocycles. The molecule has 7 heteroatoms. The number of aryl methyl sites for hydroxylation is 1. The van der Waals surface area contributed by atoms with Crippen molar-refractivity contribution in [1.82, 2.24) is 4.98 Å². The van der Waals surface area contributed by atoms with Gasteiger partial charge >= 0.3 is 0 Å². The number of nitriles is 1. The van der Waals surface area contributed by atoms with Crippen LogP contribution in [0, 0.1) is 18.3 Å². The third-order valence-corrected chi connectivity index (χ3v) is 4.94. The molecule has 0 fully saturated rings. The van der Waals surface area contributed by atoms with Crippen LogP contribution in [0.3, 0.4) is 0 Å². The highest BCUT2D eigenvalue weighted by atomic mass is 79.9. The fourth-order valence-corrected chi connectivity index (χ4v) is 3.43. The molecule has 1 heterocycles. The molecule has 0 aliphatic rings. The van der Waals surface area contributed by atoms with Crippen LogP contribution >= 0.6 is 27.3 Å². The van der Waals surface area contributed by atoms with E-state index in [0.717, 1.165) is 20.6 Å². The number of thiazole rings is 1. The van der Waals surface area contributed by atoms with Gasteiger partial charge in [0.1, 0.15) is 11.8 Å². The molecule has 3 aromatic rings. The first kappa shape index (κ1) is 18.1. The van der Waals surface area contributed by atoms with Crippen LogP contribution in [0.1, 0.15) is 10.4 Å². The van der Waals surface area contributed by atoms with E-state index >= 15 is 0 Å². The number of hydrogen-bond donors (Lipinski definition) is 1. The zero-order chi connectivity index (χ0) is 18.5. The van der Waals surface area contributed by atoms with Crippen molar-refractivity contribution < 1.29 is 9.53 Å². The van der Waals surface area contributed by atoms with Crippen LogP contribution < -0.4 is 10.1 Å². The fraction of sp³-hybridized carbons (Fsp3) is 0.105. The number of nitrogens with zero attached hydrogens (tertiary/aromatic N) is 2. The number of aromatic nitrogens is 1. The van der Waals surface area contributed by atoms with Crippen molar-refractivity contribution in [2.75, 3.05) is 11.9 Å². The Morgan fingerprint density at radius 3 is 2.73 bits per heavy atom. The Kier molecular flexibility index (Phi) is 5.66. The molecule has 0 aliphatic carbocycles. The van der Waals surface area contributed by atoms with Crippen LogP contribution in [-0.4, -0.2) is 17.5 Å². The summed E-state index contributed by atoms with van der Waals surface area (Å²) in [7, 11) is 0. The molecule has 0 saturated heterocycles. The predicted molar refractivity (Wildman–Crippen MR) is 105 cm³/mol. The lowest BCUT2D eigenvalue weighted by Gasteiger charge is -2.06. The minimum Gasteiger partial charge on any atom is -0.482 e. The Labute approximate surface area is 163 Å². The first-order valence-corrected chi connectivity index (χ1v) is 9.33. The zero-order valence-corrected chi connectivity index (χ0v) is 16.2. The molecule has 0 bridgehead atoms. The maximum Gasteiger partial charge on any atom is 0.264 e. The Morgan fingerprint density at radius 1 is 1.27 bits per heavy atom. The molecular weight excluding hydrogens is 414 g/mol. The quantitative estimate of drug-likeness (QED) is 0.635. The molecule has 1 amide bonds. The van der Waals surface area contributed by atoms with Crippen molar-refractivity contribution in [3.05, 3.63) is 63.4 Å². The number of hydrogen-bond acceptors (Lipinski definition) is 5. The van der Waals surface area contributed by atoms with Crippen molar-refractivity contribution in [3.63, 3.8) is 0 Å². The summed E-state index contributed by atoms with van der Waals surface area (Å²) >= 11 is 4.82. The molecule has 130 valence electrons. The molecule has 26 heavy (non-hydrogen) atoms. The molecule has 5 nitrogen and oxygen atoms in total. The van der Waals surface area contributed by atoms with Gasteiger partial charge in [0.25, 0.3) is 5.91 Å². The summed E-state index contributed by atoms with van der Waals surface area (Å²) in [5.41, 5.74) is 2.22. The zero-order valence-electron chi connectivity index (χ0n) is 13.8. The Hall–Kier alpha value is -2.69. The van der Waals surface area contributed by atoms with Gasteiger partial charge in [0.05, 0.1) is 11.3 Å². The minimum absolute atomic E-state index is 0.190. The highest BCUT2D eigenvalue weighted by molar-refractivity contribution is 9.10. The SMILES string of the molecule is Cc1sc(NC(=O)COc2ccccc2C#N)nc1-c1ccc(Br)cc1. The third kappa shape index (κ3) is 4.28. The van der Waals surface area contributed by atoms with E-state index in [4.69, 9.17) is 10.00 Å². The van der Waals surface area contributed by atoms with Crippen molar-refractivity contribution in [2.24, 2.45) is 0 Å². The molecule has 0 spiro atoms. The summed E-state index contributed by atoms with van der Waals surface area (Å²) in [5, 5.41) is 12.3. The van der Waals surface area contributed by atoms with Crippen LogP contribution in [0.25, 0.3) is 11.3 Å². The average Bonchev–Trinajstić information content (AvgIpc) is 3.01. The van der Waals surface area contributed by atoms with E-state index in [1.165, 1.54) is 11.3 Å². The first-order chi connectivity index (χ1) is 12.6. The van der Waals surface area contributed by atoms with Crippen LogP contribution in [-0.2, 0) is 4.79 Å². The second kappa shape index (κ2) is 8.13. The summed E-state index contributed by atoms with van der Waals surface area (Å²) in [4.78, 5) is 17.6. The Bertz CT molecular complexity index is 977. The second-order valence-electron chi connectivity index (χ2n) is 5.38. The smallest absolute Gasteiger partial charge is 0.264 e. The highest BCUT2D eigenvalue weighted by Crippen LogP contribution is 2.31. The van der Waals surface area contributed by atoms with E-state index in [-0.39, 0.29) is 12.5 Å². The van der Waals surface area contributed by atoms with E-state index < -0.39 is 0 Å². The number of ether oxygens (including phenoxy) is 1. The van der Waals surface area contributed by atoms with Gasteiger partial charge in [-0.05, 0) is 31.2 Å². The van der Waals surface area contributed by atoms with Crippen LogP contribution in [0.5, 0.6) is 5.75 Å². The summed E-state index contributed by atoms with van der Waals surface area (Å²) < 4.78 is 6.43. The number of benzene rings is 2. The topological polar surface area (TPSA) is 75.0 Å². The molecular formula is C19H14BrN3O2S. The Balaban J connectivity index is 1.66. The van der Waals surface area contributed by atoms with Gasteiger partial charge < -0.3 is 4.74 Å². The van der Waals surface area contributed by atoms with Crippen LogP contribution in [0.2, 0.25) is 0 Å². The van der Waals surface area contributed by atoms with Gasteiger partial charge in [-0.2, -0.15) is 5.26 Å². The normalized spacial score (nSPS) is 10.2. The van der Waals surface area contributed by atoms with Gasteiger partial charge in [-0.1, -0.05) is 40.2 Å². The lowest BCUT2D eigenvalue weighted by molar-refractivity contribution is -0.118. The summed E-state index contributed by atoms with van der Waals surface area (Å²) in [5.74, 6) is 0.0601. The molecule has 2 aromatic carbocycles. The van der Waals surface area contributed by atoms with E-state index in [1.54, 1.807) is 24.3 Å². The molecule has 1 N–H and O–H groups in total. The van der Waals surface area contributed by atoms with Gasteiger partial charge in [0, 0.05) is 14.9 Å².